The van der Waals surface area contributed by atoms with Crippen LogP contribution in [-0.4, -0.2) is 28.1 Å². The highest BCUT2D eigenvalue weighted by molar-refractivity contribution is 5.76. The van der Waals surface area contributed by atoms with Crippen LogP contribution >= 0.6 is 0 Å². The smallest absolute Gasteiger partial charge is 0.309 e. The van der Waals surface area contributed by atoms with Crippen molar-refractivity contribution in [2.24, 2.45) is 34.0 Å². The molecule has 4 nitrogen and oxygen atoms in total. The van der Waals surface area contributed by atoms with Gasteiger partial charge in [0.2, 0.25) is 0 Å². The summed E-state index contributed by atoms with van der Waals surface area (Å²) in [5.74, 6) is -0.900. The van der Waals surface area contributed by atoms with Gasteiger partial charge in [0.05, 0.1) is 11.0 Å². The van der Waals surface area contributed by atoms with Gasteiger partial charge in [-0.25, -0.2) is 0 Å². The predicted molar refractivity (Wildman–Crippen MR) is 89.2 cm³/mol. The summed E-state index contributed by atoms with van der Waals surface area (Å²) >= 11 is 0. The van der Waals surface area contributed by atoms with Gasteiger partial charge in [0.1, 0.15) is 6.29 Å². The number of carboxylic acids is 1. The molecule has 2 bridgehead atoms. The van der Waals surface area contributed by atoms with E-state index in [9.17, 15) is 19.8 Å². The number of hydrogen-bond acceptors (Lipinski definition) is 3. The Morgan fingerprint density at radius 3 is 2.62 bits per heavy atom. The van der Waals surface area contributed by atoms with E-state index in [1.54, 1.807) is 0 Å². The summed E-state index contributed by atoms with van der Waals surface area (Å²) in [5, 5.41) is 21.0. The zero-order valence-electron chi connectivity index (χ0n) is 14.7. The van der Waals surface area contributed by atoms with Gasteiger partial charge in [0.15, 0.2) is 0 Å². The van der Waals surface area contributed by atoms with Crippen molar-refractivity contribution in [3.63, 3.8) is 0 Å². The van der Waals surface area contributed by atoms with Crippen LogP contribution in [0.25, 0.3) is 0 Å². The first-order valence-corrected chi connectivity index (χ1v) is 9.23. The Morgan fingerprint density at radius 2 is 2.00 bits per heavy atom. The first-order chi connectivity index (χ1) is 11.1. The Morgan fingerprint density at radius 1 is 1.29 bits per heavy atom. The number of carbonyl (C=O) groups excluding carboxylic acids is 1. The average Bonchev–Trinajstić information content (AvgIpc) is 2.83. The van der Waals surface area contributed by atoms with E-state index in [4.69, 9.17) is 0 Å². The lowest BCUT2D eigenvalue weighted by Gasteiger charge is -2.50. The van der Waals surface area contributed by atoms with Crippen LogP contribution in [0.5, 0.6) is 0 Å². The largest absolute Gasteiger partial charge is 0.481 e. The van der Waals surface area contributed by atoms with Gasteiger partial charge in [0.25, 0.3) is 0 Å². The Hall–Kier alpha value is -1.16. The average molecular weight is 332 g/mol. The Labute approximate surface area is 143 Å². The van der Waals surface area contributed by atoms with Gasteiger partial charge in [-0.15, -0.1) is 0 Å². The fourth-order valence-corrected chi connectivity index (χ4v) is 7.79. The number of fused-ring (bicyclic) bond motifs is 3. The molecule has 132 valence electrons. The maximum atomic E-state index is 12.3. The molecule has 0 heterocycles. The summed E-state index contributed by atoms with van der Waals surface area (Å²) in [7, 11) is 0. The van der Waals surface area contributed by atoms with E-state index in [0.717, 1.165) is 31.1 Å². The van der Waals surface area contributed by atoms with Crippen molar-refractivity contribution >= 4 is 12.3 Å². The molecular weight excluding hydrogens is 304 g/mol. The van der Waals surface area contributed by atoms with Gasteiger partial charge in [0, 0.05) is 5.92 Å². The van der Waals surface area contributed by atoms with Crippen molar-refractivity contribution in [2.75, 3.05) is 0 Å². The van der Waals surface area contributed by atoms with Crippen molar-refractivity contribution in [1.82, 2.24) is 0 Å². The van der Waals surface area contributed by atoms with E-state index in [1.165, 1.54) is 0 Å². The predicted octanol–water partition coefficient (Wildman–Crippen LogP) is 3.19. The fourth-order valence-electron chi connectivity index (χ4n) is 7.79. The number of aldehydes is 1. The molecule has 7 atom stereocenters. The minimum absolute atomic E-state index is 0.136. The summed E-state index contributed by atoms with van der Waals surface area (Å²) in [5.41, 5.74) is -1.26. The molecule has 4 fully saturated rings. The topological polar surface area (TPSA) is 74.6 Å². The molecule has 2 N–H and O–H groups in total. The van der Waals surface area contributed by atoms with Crippen molar-refractivity contribution in [1.29, 1.82) is 0 Å². The summed E-state index contributed by atoms with van der Waals surface area (Å²) in [6, 6.07) is 0. The molecule has 0 aromatic rings. The third kappa shape index (κ3) is 1.59. The molecule has 0 amide bonds. The highest BCUT2D eigenvalue weighted by Crippen LogP contribution is 2.77. The second-order valence-corrected chi connectivity index (χ2v) is 9.53. The Kier molecular flexibility index (Phi) is 3.07. The van der Waals surface area contributed by atoms with Crippen LogP contribution in [0.4, 0.5) is 0 Å². The molecule has 0 saturated heterocycles. The van der Waals surface area contributed by atoms with Crippen LogP contribution in [0.1, 0.15) is 58.8 Å². The van der Waals surface area contributed by atoms with Crippen LogP contribution in [0.2, 0.25) is 0 Å². The standard InChI is InChI=1S/C20H28O4/c1-12-9-19-11-20(12,24)8-5-14(19)17(2)6-4-7-18(3,16(22)23)15(17)13(19)10-21/h10,13-15,24H,1,4-9,11H2,2-3H3,(H,22,23). The zero-order chi connectivity index (χ0) is 17.5. The van der Waals surface area contributed by atoms with Gasteiger partial charge in [-0.2, -0.15) is 0 Å². The molecule has 24 heavy (non-hydrogen) atoms. The first kappa shape index (κ1) is 16.3. The zero-order valence-corrected chi connectivity index (χ0v) is 14.7. The molecule has 7 unspecified atom stereocenters. The highest BCUT2D eigenvalue weighted by atomic mass is 16.4. The van der Waals surface area contributed by atoms with E-state index in [0.29, 0.717) is 31.6 Å². The van der Waals surface area contributed by atoms with Crippen molar-refractivity contribution < 1.29 is 19.8 Å². The lowest BCUT2D eigenvalue weighted by Crippen LogP contribution is -2.49. The second-order valence-electron chi connectivity index (χ2n) is 9.53. The van der Waals surface area contributed by atoms with Gasteiger partial charge in [-0.3, -0.25) is 4.79 Å². The third-order valence-corrected chi connectivity index (χ3v) is 8.63. The molecule has 4 aliphatic rings. The molecule has 0 radical (unpaired) electrons. The van der Waals surface area contributed by atoms with Crippen LogP contribution in [0, 0.1) is 34.0 Å². The van der Waals surface area contributed by atoms with Gasteiger partial charge < -0.3 is 15.0 Å². The van der Waals surface area contributed by atoms with E-state index in [-0.39, 0.29) is 22.7 Å². The van der Waals surface area contributed by atoms with Gasteiger partial charge in [-0.05, 0) is 73.7 Å². The number of hydrogen-bond donors (Lipinski definition) is 2. The lowest BCUT2D eigenvalue weighted by atomic mass is 9.53. The summed E-state index contributed by atoms with van der Waals surface area (Å²) < 4.78 is 0. The maximum absolute atomic E-state index is 12.3. The molecule has 1 spiro atoms. The summed E-state index contributed by atoms with van der Waals surface area (Å²) in [4.78, 5) is 24.4. The summed E-state index contributed by atoms with van der Waals surface area (Å²) in [6.07, 6.45) is 6.41. The van der Waals surface area contributed by atoms with Crippen LogP contribution < -0.4 is 0 Å². The molecule has 4 rings (SSSR count). The summed E-state index contributed by atoms with van der Waals surface area (Å²) in [6.45, 7) is 8.19. The number of carboxylic acid groups (broad SMARTS) is 1. The number of carbonyl (C=O) groups is 2. The Balaban J connectivity index is 1.91. The fraction of sp³-hybridized carbons (Fsp3) is 0.800. The molecule has 4 saturated carbocycles. The van der Waals surface area contributed by atoms with Gasteiger partial charge in [-0.1, -0.05) is 19.9 Å². The molecule has 4 heteroatoms. The molecule has 4 aliphatic carbocycles. The maximum Gasteiger partial charge on any atom is 0.309 e. The normalized spacial score (nSPS) is 55.8. The Bertz CT molecular complexity index is 642. The highest BCUT2D eigenvalue weighted by Gasteiger charge is 2.75. The van der Waals surface area contributed by atoms with Gasteiger partial charge >= 0.3 is 5.97 Å². The van der Waals surface area contributed by atoms with Crippen LogP contribution in [0.3, 0.4) is 0 Å². The monoisotopic (exact) mass is 332 g/mol. The van der Waals surface area contributed by atoms with Crippen molar-refractivity contribution in [3.05, 3.63) is 12.2 Å². The lowest BCUT2D eigenvalue weighted by molar-refractivity contribution is -0.161. The molecule has 0 aromatic carbocycles. The SMILES string of the molecule is C=C1CC23CC1(O)CCC2C1(C)CCCC(C)(C(=O)O)C1C3C=O. The number of aliphatic hydroxyl groups is 1. The van der Waals surface area contributed by atoms with E-state index in [2.05, 4.69) is 13.5 Å². The van der Waals surface area contributed by atoms with E-state index < -0.39 is 17.0 Å². The molecule has 0 aromatic heterocycles. The van der Waals surface area contributed by atoms with Crippen molar-refractivity contribution in [2.45, 2.75) is 64.4 Å². The van der Waals surface area contributed by atoms with Crippen molar-refractivity contribution in [3.8, 4) is 0 Å². The van der Waals surface area contributed by atoms with E-state index in [1.807, 2.05) is 6.92 Å². The number of aliphatic carboxylic acids is 1. The molecule has 0 aliphatic heterocycles. The van der Waals surface area contributed by atoms with E-state index >= 15 is 0 Å². The van der Waals surface area contributed by atoms with Crippen LogP contribution in [0.15, 0.2) is 12.2 Å². The molecular formula is C20H28O4. The second kappa shape index (κ2) is 4.51. The minimum atomic E-state index is -0.854. The van der Waals surface area contributed by atoms with Crippen LogP contribution in [-0.2, 0) is 9.59 Å². The third-order valence-electron chi connectivity index (χ3n) is 8.63. The number of rotatable bonds is 2. The minimum Gasteiger partial charge on any atom is -0.481 e. The first-order valence-electron chi connectivity index (χ1n) is 9.23. The quantitative estimate of drug-likeness (QED) is 0.601.